The Bertz CT molecular complexity index is 825. The Morgan fingerprint density at radius 1 is 1.12 bits per heavy atom. The van der Waals surface area contributed by atoms with E-state index in [1.165, 1.54) is 0 Å². The fraction of sp³-hybridized carbons (Fsp3) is 0.222. The zero-order valence-electron chi connectivity index (χ0n) is 13.4. The number of hydrogen-bond donors (Lipinski definition) is 2. The molecule has 0 unspecified atom stereocenters. The zero-order chi connectivity index (χ0) is 16.8. The second-order valence-corrected chi connectivity index (χ2v) is 5.75. The van der Waals surface area contributed by atoms with Crippen LogP contribution in [0.2, 0.25) is 5.02 Å². The standard InChI is InChI=1S/C18H19ClN4O/c1-24-18-5-6-20-11-13(18)12-21-8-9-23-16-4-7-22-17-10-14(19)2-3-15(16)17/h2-7,10-11,21H,8-9,12H2,1H3,(H,22,23). The van der Waals surface area contributed by atoms with Crippen LogP contribution < -0.4 is 15.4 Å². The van der Waals surface area contributed by atoms with Crippen LogP contribution in [0.1, 0.15) is 5.56 Å². The number of methoxy groups -OCH3 is 1. The SMILES string of the molecule is COc1ccncc1CNCCNc1ccnc2cc(Cl)ccc12. The average molecular weight is 343 g/mol. The molecule has 0 amide bonds. The Kier molecular flexibility index (Phi) is 5.46. The molecule has 0 bridgehead atoms. The molecule has 3 rings (SSSR count). The minimum atomic E-state index is 0.694. The molecule has 2 N–H and O–H groups in total. The molecule has 0 aliphatic heterocycles. The van der Waals surface area contributed by atoms with Crippen LogP contribution >= 0.6 is 11.6 Å². The highest BCUT2D eigenvalue weighted by molar-refractivity contribution is 6.31. The van der Waals surface area contributed by atoms with Gasteiger partial charge in [-0.1, -0.05) is 11.6 Å². The van der Waals surface area contributed by atoms with Crippen LogP contribution in [0.5, 0.6) is 5.75 Å². The number of nitrogens with zero attached hydrogens (tertiary/aromatic N) is 2. The van der Waals surface area contributed by atoms with Gasteiger partial charge in [0.05, 0.1) is 12.6 Å². The van der Waals surface area contributed by atoms with Crippen LogP contribution in [0.15, 0.2) is 48.9 Å². The maximum Gasteiger partial charge on any atom is 0.126 e. The number of halogens is 1. The summed E-state index contributed by atoms with van der Waals surface area (Å²) >= 11 is 6.01. The Morgan fingerprint density at radius 2 is 2.04 bits per heavy atom. The van der Waals surface area contributed by atoms with E-state index >= 15 is 0 Å². The topological polar surface area (TPSA) is 59.1 Å². The van der Waals surface area contributed by atoms with E-state index in [0.29, 0.717) is 11.6 Å². The summed E-state index contributed by atoms with van der Waals surface area (Å²) < 4.78 is 5.32. The first-order valence-electron chi connectivity index (χ1n) is 7.73. The van der Waals surface area contributed by atoms with Gasteiger partial charge in [-0.25, -0.2) is 0 Å². The summed E-state index contributed by atoms with van der Waals surface area (Å²) in [6, 6.07) is 9.57. The van der Waals surface area contributed by atoms with Crippen molar-refractivity contribution in [2.24, 2.45) is 0 Å². The molecule has 0 atom stereocenters. The minimum absolute atomic E-state index is 0.694. The molecule has 124 valence electrons. The van der Waals surface area contributed by atoms with Crippen LogP contribution in [-0.2, 0) is 6.54 Å². The molecule has 3 aromatic rings. The fourth-order valence-electron chi connectivity index (χ4n) is 2.53. The first-order valence-corrected chi connectivity index (χ1v) is 8.11. The number of nitrogens with one attached hydrogen (secondary N) is 2. The van der Waals surface area contributed by atoms with E-state index in [0.717, 1.165) is 41.0 Å². The Balaban J connectivity index is 1.54. The van der Waals surface area contributed by atoms with E-state index in [2.05, 4.69) is 20.6 Å². The van der Waals surface area contributed by atoms with Crippen molar-refractivity contribution in [3.63, 3.8) is 0 Å². The normalized spacial score (nSPS) is 10.8. The van der Waals surface area contributed by atoms with Crippen molar-refractivity contribution in [2.75, 3.05) is 25.5 Å². The predicted octanol–water partition coefficient (Wildman–Crippen LogP) is 3.49. The van der Waals surface area contributed by atoms with E-state index < -0.39 is 0 Å². The monoisotopic (exact) mass is 342 g/mol. The van der Waals surface area contributed by atoms with E-state index in [1.807, 2.05) is 36.5 Å². The molecule has 0 fully saturated rings. The van der Waals surface area contributed by atoms with E-state index in [4.69, 9.17) is 16.3 Å². The summed E-state index contributed by atoms with van der Waals surface area (Å²) in [4.78, 5) is 8.47. The number of hydrogen-bond acceptors (Lipinski definition) is 5. The van der Waals surface area contributed by atoms with E-state index in [9.17, 15) is 0 Å². The zero-order valence-corrected chi connectivity index (χ0v) is 14.2. The fourth-order valence-corrected chi connectivity index (χ4v) is 2.70. The van der Waals surface area contributed by atoms with Gasteiger partial charge in [-0.2, -0.15) is 0 Å². The molecule has 2 heterocycles. The maximum atomic E-state index is 6.01. The molecule has 6 heteroatoms. The van der Waals surface area contributed by atoms with Gasteiger partial charge < -0.3 is 15.4 Å². The molecule has 24 heavy (non-hydrogen) atoms. The average Bonchev–Trinajstić information content (AvgIpc) is 2.61. The third kappa shape index (κ3) is 3.93. The van der Waals surface area contributed by atoms with Crippen molar-refractivity contribution >= 4 is 28.2 Å². The Morgan fingerprint density at radius 3 is 2.92 bits per heavy atom. The summed E-state index contributed by atoms with van der Waals surface area (Å²) in [7, 11) is 1.67. The molecule has 2 aromatic heterocycles. The van der Waals surface area contributed by atoms with Crippen molar-refractivity contribution in [1.29, 1.82) is 0 Å². The van der Waals surface area contributed by atoms with Gasteiger partial charge in [0, 0.05) is 59.9 Å². The number of fused-ring (bicyclic) bond motifs is 1. The first-order chi connectivity index (χ1) is 11.8. The van der Waals surface area contributed by atoms with Crippen molar-refractivity contribution < 1.29 is 4.74 Å². The van der Waals surface area contributed by atoms with Crippen LogP contribution in [-0.4, -0.2) is 30.2 Å². The van der Waals surface area contributed by atoms with Crippen LogP contribution in [0.3, 0.4) is 0 Å². The van der Waals surface area contributed by atoms with E-state index in [1.54, 1.807) is 19.5 Å². The second-order valence-electron chi connectivity index (χ2n) is 5.31. The van der Waals surface area contributed by atoms with Gasteiger partial charge in [0.2, 0.25) is 0 Å². The molecule has 5 nitrogen and oxygen atoms in total. The second kappa shape index (κ2) is 7.95. The lowest BCUT2D eigenvalue weighted by Crippen LogP contribution is -2.22. The van der Waals surface area contributed by atoms with Gasteiger partial charge in [0.25, 0.3) is 0 Å². The lowest BCUT2D eigenvalue weighted by molar-refractivity contribution is 0.407. The minimum Gasteiger partial charge on any atom is -0.496 e. The van der Waals surface area contributed by atoms with Gasteiger partial charge in [0.15, 0.2) is 0 Å². The molecule has 0 saturated carbocycles. The molecule has 0 saturated heterocycles. The van der Waals surface area contributed by atoms with Crippen molar-refractivity contribution in [2.45, 2.75) is 6.54 Å². The van der Waals surface area contributed by atoms with Crippen LogP contribution in [0.4, 0.5) is 5.69 Å². The van der Waals surface area contributed by atoms with Crippen LogP contribution in [0, 0.1) is 0 Å². The van der Waals surface area contributed by atoms with Gasteiger partial charge in [-0.3, -0.25) is 9.97 Å². The summed E-state index contributed by atoms with van der Waals surface area (Å²) in [5, 5.41) is 8.57. The number of anilines is 1. The largest absolute Gasteiger partial charge is 0.496 e. The number of rotatable bonds is 7. The summed E-state index contributed by atoms with van der Waals surface area (Å²) in [5.41, 5.74) is 2.99. The number of pyridine rings is 2. The maximum absolute atomic E-state index is 6.01. The molecular formula is C18H19ClN4O. The van der Waals surface area contributed by atoms with Gasteiger partial charge in [0.1, 0.15) is 5.75 Å². The first kappa shape index (κ1) is 16.5. The van der Waals surface area contributed by atoms with E-state index in [-0.39, 0.29) is 0 Å². The molecular weight excluding hydrogens is 324 g/mol. The molecule has 0 spiro atoms. The number of aromatic nitrogens is 2. The Labute approximate surface area is 146 Å². The van der Waals surface area contributed by atoms with Crippen molar-refractivity contribution in [1.82, 2.24) is 15.3 Å². The predicted molar refractivity (Wildman–Crippen MR) is 97.7 cm³/mol. The Hall–Kier alpha value is -2.37. The highest BCUT2D eigenvalue weighted by atomic mass is 35.5. The smallest absolute Gasteiger partial charge is 0.126 e. The molecule has 1 aromatic carbocycles. The summed E-state index contributed by atoms with van der Waals surface area (Å²) in [5.74, 6) is 0.850. The lowest BCUT2D eigenvalue weighted by atomic mass is 10.2. The van der Waals surface area contributed by atoms with Crippen molar-refractivity contribution in [3.05, 3.63) is 59.5 Å². The number of benzene rings is 1. The van der Waals surface area contributed by atoms with Gasteiger partial charge in [-0.05, 0) is 30.3 Å². The lowest BCUT2D eigenvalue weighted by Gasteiger charge is -2.11. The summed E-state index contributed by atoms with van der Waals surface area (Å²) in [6.45, 7) is 2.32. The molecule has 0 aliphatic carbocycles. The third-order valence-electron chi connectivity index (χ3n) is 3.72. The third-order valence-corrected chi connectivity index (χ3v) is 3.95. The highest BCUT2D eigenvalue weighted by Crippen LogP contribution is 2.24. The van der Waals surface area contributed by atoms with Crippen molar-refractivity contribution in [3.8, 4) is 5.75 Å². The van der Waals surface area contributed by atoms with Gasteiger partial charge in [-0.15, -0.1) is 0 Å². The highest BCUT2D eigenvalue weighted by Gasteiger charge is 2.03. The number of ether oxygens (including phenoxy) is 1. The molecule has 0 aliphatic rings. The van der Waals surface area contributed by atoms with Crippen LogP contribution in [0.25, 0.3) is 10.9 Å². The quantitative estimate of drug-likeness (QED) is 0.644. The summed E-state index contributed by atoms with van der Waals surface area (Å²) in [6.07, 6.45) is 5.33. The molecule has 0 radical (unpaired) electrons. The van der Waals surface area contributed by atoms with Gasteiger partial charge >= 0.3 is 0 Å².